The van der Waals surface area contributed by atoms with E-state index in [0.29, 0.717) is 24.2 Å². The summed E-state index contributed by atoms with van der Waals surface area (Å²) in [6.07, 6.45) is 3.73. The van der Waals surface area contributed by atoms with Crippen LogP contribution in [0, 0.1) is 17.8 Å². The number of rotatable bonds is 9. The molecule has 0 fully saturated rings. The van der Waals surface area contributed by atoms with E-state index in [9.17, 15) is 4.79 Å². The molecule has 0 aliphatic heterocycles. The molecule has 3 nitrogen and oxygen atoms in total. The van der Waals surface area contributed by atoms with E-state index in [2.05, 4.69) is 33.0 Å². The molecule has 0 aromatic carbocycles. The molecule has 0 spiro atoms. The molecule has 0 radical (unpaired) electrons. The van der Waals surface area contributed by atoms with E-state index < -0.39 is 0 Å². The smallest absolute Gasteiger partial charge is 0.220 e. The highest BCUT2D eigenvalue weighted by Gasteiger charge is 2.14. The molecule has 0 aliphatic carbocycles. The maximum atomic E-state index is 11.7. The van der Waals surface area contributed by atoms with Crippen molar-refractivity contribution in [1.82, 2.24) is 5.32 Å². The van der Waals surface area contributed by atoms with E-state index in [1.165, 1.54) is 0 Å². The van der Waals surface area contributed by atoms with Crippen molar-refractivity contribution in [3.05, 3.63) is 0 Å². The van der Waals surface area contributed by atoms with Crippen LogP contribution in [-0.2, 0) is 4.79 Å². The van der Waals surface area contributed by atoms with Gasteiger partial charge in [0.15, 0.2) is 0 Å². The third-order valence-electron chi connectivity index (χ3n) is 3.57. The van der Waals surface area contributed by atoms with Gasteiger partial charge in [-0.2, -0.15) is 0 Å². The molecule has 1 amide bonds. The van der Waals surface area contributed by atoms with Crippen molar-refractivity contribution in [2.24, 2.45) is 23.5 Å². The lowest BCUT2D eigenvalue weighted by Gasteiger charge is -2.20. The average Bonchev–Trinajstić information content (AvgIpc) is 2.30. The Hall–Kier alpha value is -0.570. The number of amides is 1. The van der Waals surface area contributed by atoms with Crippen molar-refractivity contribution in [2.45, 2.75) is 53.4 Å². The summed E-state index contributed by atoms with van der Waals surface area (Å²) in [6, 6.07) is 0. The Kier molecular flexibility index (Phi) is 9.14. The molecule has 0 saturated heterocycles. The molecule has 0 aromatic rings. The van der Waals surface area contributed by atoms with E-state index in [4.69, 9.17) is 5.73 Å². The van der Waals surface area contributed by atoms with Gasteiger partial charge in [-0.1, -0.05) is 34.1 Å². The average molecular weight is 242 g/mol. The summed E-state index contributed by atoms with van der Waals surface area (Å²) in [6.45, 7) is 10.2. The fourth-order valence-electron chi connectivity index (χ4n) is 1.86. The standard InChI is InChI=1S/C14H30N2O/c1-5-12(4)10-16-14(17)7-6-13(8-9-15)11(2)3/h11-13H,5-10,15H2,1-4H3,(H,16,17). The van der Waals surface area contributed by atoms with Gasteiger partial charge in [0.25, 0.3) is 0 Å². The van der Waals surface area contributed by atoms with E-state index in [1.54, 1.807) is 0 Å². The number of nitrogens with two attached hydrogens (primary N) is 1. The highest BCUT2D eigenvalue weighted by Crippen LogP contribution is 2.20. The topological polar surface area (TPSA) is 55.1 Å². The van der Waals surface area contributed by atoms with Crippen molar-refractivity contribution in [1.29, 1.82) is 0 Å². The molecule has 17 heavy (non-hydrogen) atoms. The van der Waals surface area contributed by atoms with Crippen molar-refractivity contribution in [3.8, 4) is 0 Å². The van der Waals surface area contributed by atoms with Crippen LogP contribution in [0.25, 0.3) is 0 Å². The van der Waals surface area contributed by atoms with Crippen molar-refractivity contribution >= 4 is 5.91 Å². The summed E-state index contributed by atoms with van der Waals surface area (Å²) in [5.41, 5.74) is 5.59. The monoisotopic (exact) mass is 242 g/mol. The summed E-state index contributed by atoms with van der Waals surface area (Å²) >= 11 is 0. The van der Waals surface area contributed by atoms with Gasteiger partial charge in [-0.25, -0.2) is 0 Å². The molecular weight excluding hydrogens is 212 g/mol. The predicted molar refractivity (Wildman–Crippen MR) is 73.7 cm³/mol. The fraction of sp³-hybridized carbons (Fsp3) is 0.929. The summed E-state index contributed by atoms with van der Waals surface area (Å²) in [7, 11) is 0. The lowest BCUT2D eigenvalue weighted by atomic mass is 9.88. The van der Waals surface area contributed by atoms with Gasteiger partial charge < -0.3 is 11.1 Å². The minimum absolute atomic E-state index is 0.188. The first-order valence-electron chi connectivity index (χ1n) is 6.97. The summed E-state index contributed by atoms with van der Waals surface area (Å²) in [5.74, 6) is 1.95. The highest BCUT2D eigenvalue weighted by atomic mass is 16.1. The van der Waals surface area contributed by atoms with Crippen LogP contribution in [0.15, 0.2) is 0 Å². The second kappa shape index (κ2) is 9.46. The van der Waals surface area contributed by atoms with Gasteiger partial charge in [0.1, 0.15) is 0 Å². The molecule has 2 atom stereocenters. The van der Waals surface area contributed by atoms with Crippen molar-refractivity contribution in [2.75, 3.05) is 13.1 Å². The van der Waals surface area contributed by atoms with Crippen LogP contribution in [-0.4, -0.2) is 19.0 Å². The Morgan fingerprint density at radius 1 is 1.24 bits per heavy atom. The van der Waals surface area contributed by atoms with Crippen LogP contribution in [0.3, 0.4) is 0 Å². The molecular formula is C14H30N2O. The number of hydrogen-bond donors (Lipinski definition) is 2. The van der Waals surface area contributed by atoms with E-state index in [0.717, 1.165) is 32.4 Å². The molecule has 0 saturated carbocycles. The second-order valence-electron chi connectivity index (χ2n) is 5.44. The lowest BCUT2D eigenvalue weighted by molar-refractivity contribution is -0.121. The molecule has 0 bridgehead atoms. The summed E-state index contributed by atoms with van der Waals surface area (Å²) in [4.78, 5) is 11.7. The Morgan fingerprint density at radius 2 is 1.88 bits per heavy atom. The Morgan fingerprint density at radius 3 is 2.35 bits per heavy atom. The SMILES string of the molecule is CCC(C)CNC(=O)CCC(CCN)C(C)C. The Bertz CT molecular complexity index is 204. The van der Waals surface area contributed by atoms with Gasteiger partial charge in [0.05, 0.1) is 0 Å². The van der Waals surface area contributed by atoms with Crippen LogP contribution in [0.5, 0.6) is 0 Å². The van der Waals surface area contributed by atoms with Gasteiger partial charge in [-0.3, -0.25) is 4.79 Å². The van der Waals surface area contributed by atoms with Crippen LogP contribution in [0.1, 0.15) is 53.4 Å². The first kappa shape index (κ1) is 16.4. The quantitative estimate of drug-likeness (QED) is 0.653. The molecule has 3 N–H and O–H groups in total. The predicted octanol–water partition coefficient (Wildman–Crippen LogP) is 2.55. The zero-order valence-electron chi connectivity index (χ0n) is 12.0. The van der Waals surface area contributed by atoms with Crippen LogP contribution >= 0.6 is 0 Å². The van der Waals surface area contributed by atoms with Crippen LogP contribution < -0.4 is 11.1 Å². The lowest BCUT2D eigenvalue weighted by Crippen LogP contribution is -2.28. The van der Waals surface area contributed by atoms with Crippen LogP contribution in [0.2, 0.25) is 0 Å². The number of carbonyl (C=O) groups excluding carboxylic acids is 1. The summed E-state index contributed by atoms with van der Waals surface area (Å²) < 4.78 is 0. The Balaban J connectivity index is 3.80. The molecule has 0 aromatic heterocycles. The Labute approximate surface area is 107 Å². The molecule has 102 valence electrons. The molecule has 0 rings (SSSR count). The summed E-state index contributed by atoms with van der Waals surface area (Å²) in [5, 5.41) is 3.00. The van der Waals surface area contributed by atoms with Crippen LogP contribution in [0.4, 0.5) is 0 Å². The molecule has 0 heterocycles. The maximum Gasteiger partial charge on any atom is 0.220 e. The van der Waals surface area contributed by atoms with Crippen molar-refractivity contribution < 1.29 is 4.79 Å². The van der Waals surface area contributed by atoms with E-state index in [1.807, 2.05) is 0 Å². The van der Waals surface area contributed by atoms with Crippen molar-refractivity contribution in [3.63, 3.8) is 0 Å². The minimum Gasteiger partial charge on any atom is -0.356 e. The van der Waals surface area contributed by atoms with Gasteiger partial charge in [0, 0.05) is 13.0 Å². The molecule has 0 aliphatic rings. The number of nitrogens with one attached hydrogen (secondary N) is 1. The van der Waals surface area contributed by atoms with E-state index >= 15 is 0 Å². The zero-order chi connectivity index (χ0) is 13.3. The first-order valence-corrected chi connectivity index (χ1v) is 6.97. The minimum atomic E-state index is 0.188. The molecule has 3 heteroatoms. The second-order valence-corrected chi connectivity index (χ2v) is 5.44. The zero-order valence-corrected chi connectivity index (χ0v) is 12.0. The highest BCUT2D eigenvalue weighted by molar-refractivity contribution is 5.75. The first-order chi connectivity index (χ1) is 8.01. The maximum absolute atomic E-state index is 11.7. The third kappa shape index (κ3) is 8.19. The third-order valence-corrected chi connectivity index (χ3v) is 3.57. The van der Waals surface area contributed by atoms with Gasteiger partial charge in [0.2, 0.25) is 5.91 Å². The normalized spacial score (nSPS) is 14.7. The number of carbonyl (C=O) groups is 1. The molecule has 2 unspecified atom stereocenters. The van der Waals surface area contributed by atoms with Gasteiger partial charge in [-0.15, -0.1) is 0 Å². The van der Waals surface area contributed by atoms with Gasteiger partial charge >= 0.3 is 0 Å². The van der Waals surface area contributed by atoms with Gasteiger partial charge in [-0.05, 0) is 37.1 Å². The van der Waals surface area contributed by atoms with E-state index in [-0.39, 0.29) is 5.91 Å². The largest absolute Gasteiger partial charge is 0.356 e. The number of hydrogen-bond acceptors (Lipinski definition) is 2. The fourth-order valence-corrected chi connectivity index (χ4v) is 1.86.